The second kappa shape index (κ2) is 8.96. The summed E-state index contributed by atoms with van der Waals surface area (Å²) in [6.45, 7) is 0. The van der Waals surface area contributed by atoms with Crippen LogP contribution in [0, 0.1) is 0 Å². The highest BCUT2D eigenvalue weighted by atomic mass is 16.3. The van der Waals surface area contributed by atoms with Crippen LogP contribution in [0.25, 0.3) is 66.4 Å². The van der Waals surface area contributed by atoms with Gasteiger partial charge in [0.1, 0.15) is 11.5 Å². The summed E-state index contributed by atoms with van der Waals surface area (Å²) in [5.74, 6) is 1.81. The van der Waals surface area contributed by atoms with Crippen LogP contribution in [0.4, 0.5) is 0 Å². The lowest BCUT2D eigenvalue weighted by Crippen LogP contribution is -1.87. The number of furan rings is 1. The first kappa shape index (κ1) is 21.4. The van der Waals surface area contributed by atoms with Crippen molar-refractivity contribution in [2.75, 3.05) is 0 Å². The van der Waals surface area contributed by atoms with Crippen LogP contribution >= 0.6 is 0 Å². The molecule has 0 saturated heterocycles. The van der Waals surface area contributed by atoms with Crippen molar-refractivity contribution >= 4 is 21.5 Å². The summed E-state index contributed by atoms with van der Waals surface area (Å²) in [6.07, 6.45) is 0. The standard InChI is InChI=1S/C36H24O/c1-3-12-25(13-4-1)28-17-11-18-29(24-28)35-32-20-9-10-21-33(32)36(37-35)34-30-19-8-7-16-27(30)22-23-31(34)26-14-5-2-6-15-26/h1-24H. The molecule has 0 fully saturated rings. The van der Waals surface area contributed by atoms with Crippen LogP contribution in [0.3, 0.4) is 0 Å². The minimum atomic E-state index is 0.898. The summed E-state index contributed by atoms with van der Waals surface area (Å²) in [5, 5.41) is 4.63. The average molecular weight is 473 g/mol. The molecule has 0 amide bonds. The Labute approximate surface area is 216 Å². The van der Waals surface area contributed by atoms with E-state index < -0.39 is 0 Å². The van der Waals surface area contributed by atoms with Gasteiger partial charge in [-0.3, -0.25) is 0 Å². The van der Waals surface area contributed by atoms with Crippen molar-refractivity contribution in [1.29, 1.82) is 0 Å². The monoisotopic (exact) mass is 472 g/mol. The third-order valence-corrected chi connectivity index (χ3v) is 7.09. The lowest BCUT2D eigenvalue weighted by atomic mass is 9.91. The molecule has 174 valence electrons. The molecule has 37 heavy (non-hydrogen) atoms. The van der Waals surface area contributed by atoms with Crippen LogP contribution in [-0.4, -0.2) is 0 Å². The Balaban J connectivity index is 1.51. The van der Waals surface area contributed by atoms with Crippen molar-refractivity contribution in [3.8, 4) is 44.9 Å². The predicted octanol–water partition coefficient (Wildman–Crippen LogP) is 10.3. The first-order chi connectivity index (χ1) is 18.4. The summed E-state index contributed by atoms with van der Waals surface area (Å²) in [4.78, 5) is 0. The molecule has 0 radical (unpaired) electrons. The molecule has 0 unspecified atom stereocenters. The van der Waals surface area contributed by atoms with E-state index in [2.05, 4.69) is 140 Å². The molecule has 1 heteroatoms. The first-order valence-electron chi connectivity index (χ1n) is 12.6. The van der Waals surface area contributed by atoms with Gasteiger partial charge in [-0.25, -0.2) is 0 Å². The molecule has 0 bridgehead atoms. The van der Waals surface area contributed by atoms with Crippen LogP contribution in [0.15, 0.2) is 150 Å². The van der Waals surface area contributed by atoms with Gasteiger partial charge in [0.15, 0.2) is 0 Å². The Kier molecular flexibility index (Phi) is 5.19. The number of benzene rings is 6. The summed E-state index contributed by atoms with van der Waals surface area (Å²) < 4.78 is 6.90. The fourth-order valence-electron chi connectivity index (χ4n) is 5.34. The predicted molar refractivity (Wildman–Crippen MR) is 155 cm³/mol. The smallest absolute Gasteiger partial charge is 0.143 e. The van der Waals surface area contributed by atoms with Gasteiger partial charge in [-0.2, -0.15) is 0 Å². The Bertz CT molecular complexity index is 1860. The highest BCUT2D eigenvalue weighted by Gasteiger charge is 2.21. The topological polar surface area (TPSA) is 13.1 Å². The molecule has 7 rings (SSSR count). The van der Waals surface area contributed by atoms with Gasteiger partial charge in [0, 0.05) is 21.9 Å². The van der Waals surface area contributed by atoms with Gasteiger partial charge in [-0.15, -0.1) is 0 Å². The molecular formula is C36H24O. The minimum absolute atomic E-state index is 0.898. The van der Waals surface area contributed by atoms with E-state index in [4.69, 9.17) is 4.42 Å². The molecule has 1 nitrogen and oxygen atoms in total. The summed E-state index contributed by atoms with van der Waals surface area (Å²) >= 11 is 0. The van der Waals surface area contributed by atoms with Gasteiger partial charge >= 0.3 is 0 Å². The third-order valence-electron chi connectivity index (χ3n) is 7.09. The Morgan fingerprint density at radius 1 is 0.351 bits per heavy atom. The van der Waals surface area contributed by atoms with Crippen molar-refractivity contribution in [3.63, 3.8) is 0 Å². The lowest BCUT2D eigenvalue weighted by molar-refractivity contribution is 0.603. The number of hydrogen-bond donors (Lipinski definition) is 0. The molecule has 0 saturated carbocycles. The Morgan fingerprint density at radius 2 is 0.919 bits per heavy atom. The van der Waals surface area contributed by atoms with E-state index in [9.17, 15) is 0 Å². The van der Waals surface area contributed by atoms with E-state index in [1.54, 1.807) is 0 Å². The van der Waals surface area contributed by atoms with E-state index in [-0.39, 0.29) is 0 Å². The molecule has 0 aliphatic rings. The quantitative estimate of drug-likeness (QED) is 0.248. The number of rotatable bonds is 4. The van der Waals surface area contributed by atoms with Gasteiger partial charge in [0.2, 0.25) is 0 Å². The molecular weight excluding hydrogens is 448 g/mol. The molecule has 1 heterocycles. The normalized spacial score (nSPS) is 11.2. The van der Waals surface area contributed by atoms with Crippen molar-refractivity contribution in [2.45, 2.75) is 0 Å². The Morgan fingerprint density at radius 3 is 1.68 bits per heavy atom. The van der Waals surface area contributed by atoms with Gasteiger partial charge in [0.25, 0.3) is 0 Å². The Hall–Kier alpha value is -4.88. The molecule has 0 spiro atoms. The molecule has 6 aromatic carbocycles. The van der Waals surface area contributed by atoms with Gasteiger partial charge in [-0.05, 0) is 39.1 Å². The first-order valence-corrected chi connectivity index (χ1v) is 12.6. The zero-order chi connectivity index (χ0) is 24.6. The lowest BCUT2D eigenvalue weighted by Gasteiger charge is -2.12. The largest absolute Gasteiger partial charge is 0.455 e. The van der Waals surface area contributed by atoms with E-state index in [1.165, 1.54) is 33.0 Å². The maximum atomic E-state index is 6.90. The van der Waals surface area contributed by atoms with Crippen LogP contribution in [0.2, 0.25) is 0 Å². The second-order valence-corrected chi connectivity index (χ2v) is 9.33. The van der Waals surface area contributed by atoms with Crippen molar-refractivity contribution in [3.05, 3.63) is 146 Å². The van der Waals surface area contributed by atoms with E-state index in [0.717, 1.165) is 33.4 Å². The van der Waals surface area contributed by atoms with Crippen molar-refractivity contribution in [1.82, 2.24) is 0 Å². The van der Waals surface area contributed by atoms with E-state index in [0.29, 0.717) is 0 Å². The van der Waals surface area contributed by atoms with Gasteiger partial charge < -0.3 is 4.42 Å². The van der Waals surface area contributed by atoms with E-state index in [1.807, 2.05) is 6.07 Å². The molecule has 0 aliphatic carbocycles. The van der Waals surface area contributed by atoms with Crippen LogP contribution in [-0.2, 0) is 0 Å². The molecule has 0 N–H and O–H groups in total. The SMILES string of the molecule is c1ccc(-c2cccc(-c3oc(-c4c(-c5ccccc5)ccc5ccccc45)c4ccccc34)c2)cc1. The molecule has 0 aliphatic heterocycles. The molecule has 1 aromatic heterocycles. The number of fused-ring (bicyclic) bond motifs is 2. The van der Waals surface area contributed by atoms with Gasteiger partial charge in [-0.1, -0.05) is 140 Å². The van der Waals surface area contributed by atoms with Crippen molar-refractivity contribution < 1.29 is 4.42 Å². The summed E-state index contributed by atoms with van der Waals surface area (Å²) in [7, 11) is 0. The maximum Gasteiger partial charge on any atom is 0.143 e. The van der Waals surface area contributed by atoms with Gasteiger partial charge in [0.05, 0.1) is 0 Å². The third kappa shape index (κ3) is 3.73. The fourth-order valence-corrected chi connectivity index (χ4v) is 5.34. The molecule has 0 atom stereocenters. The van der Waals surface area contributed by atoms with Crippen LogP contribution < -0.4 is 0 Å². The minimum Gasteiger partial charge on any atom is -0.455 e. The van der Waals surface area contributed by atoms with Crippen molar-refractivity contribution in [2.24, 2.45) is 0 Å². The highest BCUT2D eigenvalue weighted by Crippen LogP contribution is 2.45. The fraction of sp³-hybridized carbons (Fsp3) is 0. The highest BCUT2D eigenvalue weighted by molar-refractivity contribution is 6.11. The van der Waals surface area contributed by atoms with Crippen LogP contribution in [0.1, 0.15) is 0 Å². The second-order valence-electron chi connectivity index (χ2n) is 9.33. The maximum absolute atomic E-state index is 6.90. The summed E-state index contributed by atoms with van der Waals surface area (Å²) in [5.41, 5.74) is 6.92. The average Bonchev–Trinajstić information content (AvgIpc) is 3.37. The number of hydrogen-bond acceptors (Lipinski definition) is 1. The van der Waals surface area contributed by atoms with Crippen LogP contribution in [0.5, 0.6) is 0 Å². The zero-order valence-electron chi connectivity index (χ0n) is 20.3. The summed E-state index contributed by atoms with van der Waals surface area (Å²) in [6, 6.07) is 51.2. The molecule has 7 aromatic rings. The zero-order valence-corrected chi connectivity index (χ0v) is 20.3. The van der Waals surface area contributed by atoms with E-state index >= 15 is 0 Å².